The van der Waals surface area contributed by atoms with Crippen LogP contribution in [0.5, 0.6) is 0 Å². The monoisotopic (exact) mass is 288 g/mol. The molecule has 1 aromatic heterocycles. The summed E-state index contributed by atoms with van der Waals surface area (Å²) in [5.74, 6) is 0.228. The van der Waals surface area contributed by atoms with Crippen LogP contribution in [0.3, 0.4) is 0 Å². The van der Waals surface area contributed by atoms with Gasteiger partial charge in [-0.2, -0.15) is 0 Å². The Bertz CT molecular complexity index is 558. The molecule has 112 valence electrons. The van der Waals surface area contributed by atoms with Gasteiger partial charge < -0.3 is 10.0 Å². The van der Waals surface area contributed by atoms with Crippen molar-refractivity contribution in [3.8, 4) is 0 Å². The number of likely N-dealkylation sites (tertiary alicyclic amines) is 1. The zero-order chi connectivity index (χ0) is 14.8. The molecule has 5 nitrogen and oxygen atoms in total. The van der Waals surface area contributed by atoms with Crippen LogP contribution in [0.2, 0.25) is 0 Å². The minimum Gasteiger partial charge on any atom is -0.477 e. The second-order valence-electron chi connectivity index (χ2n) is 6.08. The summed E-state index contributed by atoms with van der Waals surface area (Å²) < 4.78 is 0. The van der Waals surface area contributed by atoms with E-state index in [1.54, 1.807) is 6.07 Å². The maximum atomic E-state index is 12.6. The molecular formula is C16H20N2O3. The molecule has 0 spiro atoms. The van der Waals surface area contributed by atoms with E-state index in [1.807, 2.05) is 4.90 Å². The molecule has 0 aromatic carbocycles. The number of piperidine rings is 1. The first kappa shape index (κ1) is 14.0. The molecule has 5 heteroatoms. The van der Waals surface area contributed by atoms with Crippen molar-refractivity contribution in [1.82, 2.24) is 9.88 Å². The third-order valence-electron chi connectivity index (χ3n) is 4.80. The molecule has 0 radical (unpaired) electrons. The smallest absolute Gasteiger partial charge is 0.354 e. The van der Waals surface area contributed by atoms with Gasteiger partial charge in [0.15, 0.2) is 0 Å². The fourth-order valence-corrected chi connectivity index (χ4v) is 3.65. The molecule has 1 aromatic rings. The Morgan fingerprint density at radius 1 is 1.19 bits per heavy atom. The maximum absolute atomic E-state index is 12.6. The molecule has 2 fully saturated rings. The summed E-state index contributed by atoms with van der Waals surface area (Å²) in [6.45, 7) is 1.60. The second-order valence-corrected chi connectivity index (χ2v) is 6.08. The van der Waals surface area contributed by atoms with E-state index < -0.39 is 5.97 Å². The van der Waals surface area contributed by atoms with Crippen LogP contribution in [-0.2, 0) is 0 Å². The van der Waals surface area contributed by atoms with Gasteiger partial charge in [0.05, 0.1) is 0 Å². The number of carboxylic acids is 1. The van der Waals surface area contributed by atoms with Crippen molar-refractivity contribution in [2.75, 3.05) is 13.1 Å². The lowest BCUT2D eigenvalue weighted by atomic mass is 9.75. The molecule has 1 saturated carbocycles. The van der Waals surface area contributed by atoms with E-state index in [1.165, 1.54) is 37.9 Å². The highest BCUT2D eigenvalue weighted by Gasteiger charge is 2.33. The molecule has 3 rings (SSSR count). The molecule has 1 amide bonds. The van der Waals surface area contributed by atoms with Crippen LogP contribution in [0.25, 0.3) is 0 Å². The van der Waals surface area contributed by atoms with Crippen LogP contribution < -0.4 is 0 Å². The number of fused-ring (bicyclic) bond motifs is 1. The zero-order valence-electron chi connectivity index (χ0n) is 12.0. The molecule has 2 unspecified atom stereocenters. The number of amides is 1. The average molecular weight is 288 g/mol. The lowest BCUT2D eigenvalue weighted by Gasteiger charge is -2.41. The van der Waals surface area contributed by atoms with E-state index in [9.17, 15) is 9.59 Å². The van der Waals surface area contributed by atoms with E-state index in [-0.39, 0.29) is 11.6 Å². The van der Waals surface area contributed by atoms with Crippen LogP contribution in [0, 0.1) is 11.8 Å². The van der Waals surface area contributed by atoms with Crippen LogP contribution in [0.4, 0.5) is 0 Å². The van der Waals surface area contributed by atoms with E-state index in [4.69, 9.17) is 5.11 Å². The van der Waals surface area contributed by atoms with Crippen LogP contribution in [-0.4, -0.2) is 40.0 Å². The third kappa shape index (κ3) is 2.91. The van der Waals surface area contributed by atoms with Crippen molar-refractivity contribution in [3.05, 3.63) is 29.6 Å². The maximum Gasteiger partial charge on any atom is 0.354 e. The van der Waals surface area contributed by atoms with Gasteiger partial charge in [-0.05, 0) is 36.8 Å². The Morgan fingerprint density at radius 3 is 2.71 bits per heavy atom. The van der Waals surface area contributed by atoms with Gasteiger partial charge in [-0.1, -0.05) is 19.3 Å². The van der Waals surface area contributed by atoms with Crippen molar-refractivity contribution < 1.29 is 14.7 Å². The van der Waals surface area contributed by atoms with Crippen molar-refractivity contribution >= 4 is 11.9 Å². The highest BCUT2D eigenvalue weighted by atomic mass is 16.4. The number of carboxylic acid groups (broad SMARTS) is 1. The number of hydrogen-bond donors (Lipinski definition) is 1. The minimum absolute atomic E-state index is 0.0658. The molecule has 1 N–H and O–H groups in total. The van der Waals surface area contributed by atoms with Crippen molar-refractivity contribution in [1.29, 1.82) is 0 Å². The summed E-state index contributed by atoms with van der Waals surface area (Å²) >= 11 is 0. The van der Waals surface area contributed by atoms with Crippen molar-refractivity contribution in [2.45, 2.75) is 32.1 Å². The van der Waals surface area contributed by atoms with E-state index in [2.05, 4.69) is 4.98 Å². The average Bonchev–Trinajstić information content (AvgIpc) is 2.53. The molecule has 0 bridgehead atoms. The normalized spacial score (nSPS) is 25.2. The second kappa shape index (κ2) is 5.84. The van der Waals surface area contributed by atoms with E-state index in [0.717, 1.165) is 25.4 Å². The lowest BCUT2D eigenvalue weighted by molar-refractivity contribution is 0.0521. The van der Waals surface area contributed by atoms with Crippen molar-refractivity contribution in [3.63, 3.8) is 0 Å². The number of nitrogens with zero attached hydrogens (tertiary/aromatic N) is 2. The standard InChI is InChI=1S/C16H20N2O3/c19-15(12-5-7-17-14(9-12)16(20)21)18-8-6-11-3-1-2-4-13(11)10-18/h5,7,9,11,13H,1-4,6,8,10H2,(H,20,21). The lowest BCUT2D eigenvalue weighted by Crippen LogP contribution is -2.44. The molecule has 1 saturated heterocycles. The number of hydrogen-bond acceptors (Lipinski definition) is 3. The SMILES string of the molecule is O=C(O)c1cc(C(=O)N2CCC3CCCCC3C2)ccn1. The molecule has 1 aliphatic carbocycles. The third-order valence-corrected chi connectivity index (χ3v) is 4.80. The Hall–Kier alpha value is -1.91. The quantitative estimate of drug-likeness (QED) is 0.907. The number of carbonyl (C=O) groups is 2. The Labute approximate surface area is 124 Å². The van der Waals surface area contributed by atoms with E-state index in [0.29, 0.717) is 11.5 Å². The molecular weight excluding hydrogens is 268 g/mol. The molecule has 2 aliphatic rings. The molecule has 2 heterocycles. The number of rotatable bonds is 2. The number of aromatic carboxylic acids is 1. The first-order valence-electron chi connectivity index (χ1n) is 7.64. The molecule has 1 aliphatic heterocycles. The van der Waals surface area contributed by atoms with Crippen LogP contribution in [0.1, 0.15) is 53.0 Å². The van der Waals surface area contributed by atoms with Crippen molar-refractivity contribution in [2.24, 2.45) is 11.8 Å². The Kier molecular flexibility index (Phi) is 3.90. The first-order chi connectivity index (χ1) is 10.1. The fraction of sp³-hybridized carbons (Fsp3) is 0.562. The number of aromatic nitrogens is 1. The minimum atomic E-state index is -1.10. The summed E-state index contributed by atoms with van der Waals surface area (Å²) in [5.41, 5.74) is 0.352. The largest absolute Gasteiger partial charge is 0.477 e. The Morgan fingerprint density at radius 2 is 1.95 bits per heavy atom. The van der Waals surface area contributed by atoms with Gasteiger partial charge in [0.25, 0.3) is 5.91 Å². The van der Waals surface area contributed by atoms with Gasteiger partial charge in [-0.25, -0.2) is 9.78 Å². The topological polar surface area (TPSA) is 70.5 Å². The number of carbonyl (C=O) groups excluding carboxylic acids is 1. The Balaban J connectivity index is 1.73. The predicted molar refractivity (Wildman–Crippen MR) is 77.2 cm³/mol. The van der Waals surface area contributed by atoms with E-state index >= 15 is 0 Å². The zero-order valence-corrected chi connectivity index (χ0v) is 12.0. The summed E-state index contributed by atoms with van der Waals surface area (Å²) in [5, 5.41) is 8.97. The van der Waals surface area contributed by atoms with Crippen LogP contribution >= 0.6 is 0 Å². The van der Waals surface area contributed by atoms with Gasteiger partial charge in [-0.15, -0.1) is 0 Å². The van der Waals surface area contributed by atoms with Gasteiger partial charge in [0.1, 0.15) is 5.69 Å². The fourth-order valence-electron chi connectivity index (χ4n) is 3.65. The van der Waals surface area contributed by atoms with Gasteiger partial charge in [0.2, 0.25) is 0 Å². The number of pyridine rings is 1. The van der Waals surface area contributed by atoms with Crippen LogP contribution in [0.15, 0.2) is 18.3 Å². The van der Waals surface area contributed by atoms with Gasteiger partial charge in [0, 0.05) is 24.8 Å². The summed E-state index contributed by atoms with van der Waals surface area (Å²) in [4.78, 5) is 29.2. The predicted octanol–water partition coefficient (Wildman–Crippen LogP) is 2.43. The molecule has 2 atom stereocenters. The molecule has 21 heavy (non-hydrogen) atoms. The highest BCUT2D eigenvalue weighted by molar-refractivity contribution is 5.96. The summed E-state index contributed by atoms with van der Waals surface area (Å²) in [6.07, 6.45) is 7.57. The summed E-state index contributed by atoms with van der Waals surface area (Å²) in [6, 6.07) is 2.97. The van der Waals surface area contributed by atoms with Gasteiger partial charge in [-0.3, -0.25) is 4.79 Å². The van der Waals surface area contributed by atoms with Gasteiger partial charge >= 0.3 is 5.97 Å². The first-order valence-corrected chi connectivity index (χ1v) is 7.64. The highest BCUT2D eigenvalue weighted by Crippen LogP contribution is 2.36. The summed E-state index contributed by atoms with van der Waals surface area (Å²) in [7, 11) is 0.